The fourth-order valence-electron chi connectivity index (χ4n) is 4.05. The molecule has 2 saturated carbocycles. The molecule has 2 aromatic carbocycles. The van der Waals surface area contributed by atoms with Crippen LogP contribution in [0.1, 0.15) is 31.2 Å². The minimum atomic E-state index is -2.44. The van der Waals surface area contributed by atoms with E-state index in [1.54, 1.807) is 12.1 Å². The molecule has 0 radical (unpaired) electrons. The van der Waals surface area contributed by atoms with Crippen LogP contribution in [0.2, 0.25) is 10.0 Å². The number of amides is 1. The van der Waals surface area contributed by atoms with Crippen molar-refractivity contribution in [3.8, 4) is 17.4 Å². The van der Waals surface area contributed by atoms with E-state index in [0.29, 0.717) is 23.0 Å². The minimum absolute atomic E-state index is 0.0289. The molecule has 0 saturated heterocycles. The van der Waals surface area contributed by atoms with Crippen LogP contribution in [0.5, 0.6) is 17.4 Å². The average Bonchev–Trinajstić information content (AvgIpc) is 3.81. The van der Waals surface area contributed by atoms with Crippen LogP contribution in [-0.4, -0.2) is 31.7 Å². The first-order valence-corrected chi connectivity index (χ1v) is 14.5. The number of aromatic nitrogens is 1. The van der Waals surface area contributed by atoms with Gasteiger partial charge >= 0.3 is 0 Å². The smallest absolute Gasteiger partial charge is 0.262 e. The Hall–Kier alpha value is -2.37. The summed E-state index contributed by atoms with van der Waals surface area (Å²) in [5.41, 5.74) is 0.469. The van der Waals surface area contributed by atoms with Crippen LogP contribution >= 0.6 is 39.1 Å². The van der Waals surface area contributed by atoms with Crippen molar-refractivity contribution in [1.82, 2.24) is 10.3 Å². The summed E-state index contributed by atoms with van der Waals surface area (Å²) in [7, 11) is 0. The first-order chi connectivity index (χ1) is 18.3. The zero-order valence-electron chi connectivity index (χ0n) is 20.0. The summed E-state index contributed by atoms with van der Waals surface area (Å²) in [5, 5.41) is 3.48. The largest absolute Gasteiger partial charge is 0.485 e. The Morgan fingerprint density at radius 1 is 1.18 bits per heavy atom. The fraction of sp³-hybridized carbons (Fsp3) is 0.308. The van der Waals surface area contributed by atoms with Crippen LogP contribution in [0, 0.1) is 5.92 Å². The van der Waals surface area contributed by atoms with E-state index in [4.69, 9.17) is 32.7 Å². The summed E-state index contributed by atoms with van der Waals surface area (Å²) in [4.78, 5) is 16.7. The number of halogens is 3. The first-order valence-electron chi connectivity index (χ1n) is 11.9. The van der Waals surface area contributed by atoms with Crippen LogP contribution < -0.4 is 19.1 Å². The van der Waals surface area contributed by atoms with Gasteiger partial charge in [0, 0.05) is 23.0 Å². The highest BCUT2D eigenvalue weighted by Crippen LogP contribution is 2.48. The third kappa shape index (κ3) is 6.26. The molecule has 2 aliphatic carbocycles. The molecule has 38 heavy (non-hydrogen) atoms. The third-order valence-electron chi connectivity index (χ3n) is 6.40. The van der Waals surface area contributed by atoms with Crippen molar-refractivity contribution in [1.29, 1.82) is 0 Å². The molecule has 2 fully saturated rings. The van der Waals surface area contributed by atoms with E-state index >= 15 is 0 Å². The number of pyridine rings is 1. The van der Waals surface area contributed by atoms with Crippen molar-refractivity contribution >= 4 is 62.0 Å². The molecule has 1 heterocycles. The van der Waals surface area contributed by atoms with Crippen molar-refractivity contribution in [2.24, 2.45) is 5.92 Å². The van der Waals surface area contributed by atoms with Crippen LogP contribution in [0.25, 0.3) is 0 Å². The quantitative estimate of drug-likeness (QED) is 0.231. The molecule has 0 spiro atoms. The van der Waals surface area contributed by atoms with Gasteiger partial charge in [0.25, 0.3) is 11.3 Å². The number of anilines is 1. The fourth-order valence-corrected chi connectivity index (χ4v) is 6.22. The highest BCUT2D eigenvalue weighted by molar-refractivity contribution is 9.10. The molecule has 5 rings (SSSR count). The zero-order valence-corrected chi connectivity index (χ0v) is 23.9. The second-order valence-electron chi connectivity index (χ2n) is 9.31. The highest BCUT2D eigenvalue weighted by atomic mass is 79.9. The lowest BCUT2D eigenvalue weighted by Crippen LogP contribution is -2.47. The monoisotopic (exact) mass is 639 g/mol. The summed E-state index contributed by atoms with van der Waals surface area (Å²) in [6, 6.07) is 14.3. The Kier molecular flexibility index (Phi) is 8.16. The van der Waals surface area contributed by atoms with Gasteiger partial charge < -0.3 is 14.8 Å². The predicted molar refractivity (Wildman–Crippen MR) is 150 cm³/mol. The first kappa shape index (κ1) is 27.2. The highest BCUT2D eigenvalue weighted by Gasteiger charge is 2.52. The summed E-state index contributed by atoms with van der Waals surface area (Å²) >= 11 is 13.6. The van der Waals surface area contributed by atoms with Crippen LogP contribution in [-0.2, 0) is 22.7 Å². The topological polar surface area (TPSA) is 101 Å². The normalized spacial score (nSPS) is 16.4. The number of hydrogen-bond acceptors (Lipinski definition) is 5. The molecule has 1 aromatic heterocycles. The molecule has 1 unspecified atom stereocenters. The van der Waals surface area contributed by atoms with Gasteiger partial charge in [-0.2, -0.15) is 0 Å². The van der Waals surface area contributed by atoms with Gasteiger partial charge in [-0.1, -0.05) is 69.5 Å². The standard InChI is InChI=1S/C26H24BrCl2N3O5S/c27-18-10-19(28)24(20(29)11-18)37-23-12-21(22(13-30-23)36-14-16-4-2-1-3-5-16)32(38(34)35)26(8-9-26)15-31-25(33)17-6-7-17/h1-5,10-13,17H,6-9,14-15H2,(H,31,33)(H,34,35). The van der Waals surface area contributed by atoms with Gasteiger partial charge in [0.2, 0.25) is 11.8 Å². The summed E-state index contributed by atoms with van der Waals surface area (Å²) in [5.74, 6) is 0.592. The third-order valence-corrected chi connectivity index (χ3v) is 8.32. The number of benzene rings is 2. The number of rotatable bonds is 11. The lowest BCUT2D eigenvalue weighted by molar-refractivity contribution is -0.122. The van der Waals surface area contributed by atoms with E-state index in [1.807, 2.05) is 30.3 Å². The summed E-state index contributed by atoms with van der Waals surface area (Å²) in [6.07, 6.45) is 4.42. The maximum absolute atomic E-state index is 12.8. The number of nitrogens with zero attached hydrogens (tertiary/aromatic N) is 2. The lowest BCUT2D eigenvalue weighted by atomic mass is 10.2. The van der Waals surface area contributed by atoms with E-state index in [2.05, 4.69) is 26.2 Å². The summed E-state index contributed by atoms with van der Waals surface area (Å²) < 4.78 is 37.3. The second kappa shape index (κ2) is 11.4. The van der Waals surface area contributed by atoms with Gasteiger partial charge in [0.1, 0.15) is 12.3 Å². The van der Waals surface area contributed by atoms with Crippen LogP contribution in [0.3, 0.4) is 0 Å². The summed E-state index contributed by atoms with van der Waals surface area (Å²) in [6.45, 7) is 0.451. The molecule has 200 valence electrons. The average molecular weight is 641 g/mol. The molecule has 3 aromatic rings. The number of hydrogen-bond donors (Lipinski definition) is 2. The van der Waals surface area contributed by atoms with Crippen molar-refractivity contribution in [3.05, 3.63) is 74.8 Å². The van der Waals surface area contributed by atoms with Gasteiger partial charge in [0.05, 0.1) is 21.8 Å². The Bertz CT molecular complexity index is 1350. The molecule has 0 bridgehead atoms. The van der Waals surface area contributed by atoms with Crippen LogP contribution in [0.4, 0.5) is 5.69 Å². The van der Waals surface area contributed by atoms with Crippen molar-refractivity contribution < 1.29 is 23.0 Å². The SMILES string of the molecule is O=C(NCC1(N(c2cc(Oc3c(Cl)cc(Br)cc3Cl)ncc2OCc2ccccc2)S(=O)O)CC1)C1CC1. The van der Waals surface area contributed by atoms with Gasteiger partial charge in [-0.15, -0.1) is 0 Å². The molecule has 8 nitrogen and oxygen atoms in total. The molecule has 0 aliphatic heterocycles. The minimum Gasteiger partial charge on any atom is -0.485 e. The Morgan fingerprint density at radius 2 is 1.87 bits per heavy atom. The molecule has 1 atom stereocenters. The maximum atomic E-state index is 12.8. The molecular weight excluding hydrogens is 617 g/mol. The predicted octanol–water partition coefficient (Wildman–Crippen LogP) is 6.52. The van der Waals surface area contributed by atoms with Crippen molar-refractivity contribution in [3.63, 3.8) is 0 Å². The second-order valence-corrected chi connectivity index (χ2v) is 11.9. The van der Waals surface area contributed by atoms with Crippen molar-refractivity contribution in [2.75, 3.05) is 10.8 Å². The maximum Gasteiger partial charge on any atom is 0.262 e. The van der Waals surface area contributed by atoms with Gasteiger partial charge in [-0.05, 0) is 43.4 Å². The van der Waals surface area contributed by atoms with Gasteiger partial charge in [0.15, 0.2) is 11.5 Å². The number of ether oxygens (including phenoxy) is 2. The molecule has 2 N–H and O–H groups in total. The molecule has 1 amide bonds. The van der Waals surface area contributed by atoms with E-state index in [1.165, 1.54) is 16.6 Å². The Labute approximate surface area is 241 Å². The van der Waals surface area contributed by atoms with Gasteiger partial charge in [-0.3, -0.25) is 13.7 Å². The van der Waals surface area contributed by atoms with Crippen molar-refractivity contribution in [2.45, 2.75) is 37.8 Å². The van der Waals surface area contributed by atoms with E-state index < -0.39 is 16.8 Å². The van der Waals surface area contributed by atoms with Gasteiger partial charge in [-0.25, -0.2) is 9.19 Å². The number of carbonyl (C=O) groups is 1. The number of carbonyl (C=O) groups excluding carboxylic acids is 1. The van der Waals surface area contributed by atoms with E-state index in [-0.39, 0.29) is 52.4 Å². The Balaban J connectivity index is 1.48. The zero-order chi connectivity index (χ0) is 26.9. The molecule has 12 heteroatoms. The Morgan fingerprint density at radius 3 is 2.47 bits per heavy atom. The molecule has 2 aliphatic rings. The molecular formula is C26H24BrCl2N3O5S. The van der Waals surface area contributed by atoms with Crippen LogP contribution in [0.15, 0.2) is 59.2 Å². The number of nitrogens with one attached hydrogen (secondary N) is 1. The lowest BCUT2D eigenvalue weighted by Gasteiger charge is -2.31. The van der Waals surface area contributed by atoms with E-state index in [0.717, 1.165) is 18.4 Å². The van der Waals surface area contributed by atoms with E-state index in [9.17, 15) is 13.6 Å².